The molecule has 1 amide bonds. The molecule has 54 heavy (non-hydrogen) atoms. The van der Waals surface area contributed by atoms with Crippen LogP contribution in [-0.4, -0.2) is 65.8 Å². The van der Waals surface area contributed by atoms with Gasteiger partial charge in [-0.05, 0) is 67.1 Å². The number of hydrogen-bond acceptors (Lipinski definition) is 8. The number of unbranched alkanes of at least 4 members (excludes halogenated alkanes) is 3. The largest absolute Gasteiger partial charge is 0.497 e. The first-order chi connectivity index (χ1) is 25.8. The SMILES string of the molecule is COc1ccc(C(OC[C@@]2(C=CCCCCCNC(=O)C(F)(F)F)O[C@@H](n3cc(C)c(=O)[nH]c3=O)CC2O)(c2ccccc2)c2ccc(OC)cc2)cc1. The first kappa shape index (κ1) is 40.0. The van der Waals surface area contributed by atoms with Crippen LogP contribution in [-0.2, 0) is 19.9 Å². The highest BCUT2D eigenvalue weighted by Gasteiger charge is 2.50. The number of nitrogens with one attached hydrogen (secondary N) is 2. The number of benzene rings is 3. The number of methoxy groups -OCH3 is 2. The van der Waals surface area contributed by atoms with Gasteiger partial charge in [-0.2, -0.15) is 13.2 Å². The van der Waals surface area contributed by atoms with Gasteiger partial charge in [-0.25, -0.2) is 4.79 Å². The standard InChI is InChI=1S/C40H44F3N3O8/c1-27-25-46(37(50)45-35(27)48)34-24-33(47)38(54-34,22-10-5-4-6-11-23-44-36(49)40(41,42)43)26-53-39(28-12-8-7-9-13-28,29-14-18-31(51-2)19-15-29)30-16-20-32(52-3)21-17-30/h7-10,12-22,25,33-34,47H,4-6,11,23-24,26H2,1-3H3,(H,44,49)(H,45,48,50)/t33?,34-,38-/m1/s1. The van der Waals surface area contributed by atoms with Gasteiger partial charge in [-0.3, -0.25) is 19.1 Å². The summed E-state index contributed by atoms with van der Waals surface area (Å²) in [5.41, 5.74) is -1.47. The second-order valence-corrected chi connectivity index (χ2v) is 13.1. The zero-order valence-electron chi connectivity index (χ0n) is 30.2. The van der Waals surface area contributed by atoms with Crippen LogP contribution in [0.5, 0.6) is 11.5 Å². The Morgan fingerprint density at radius 2 is 1.54 bits per heavy atom. The van der Waals surface area contributed by atoms with Crippen molar-refractivity contribution in [3.05, 3.63) is 140 Å². The maximum atomic E-state index is 12.9. The number of aromatic amines is 1. The highest BCUT2D eigenvalue weighted by molar-refractivity contribution is 5.81. The Morgan fingerprint density at radius 3 is 2.11 bits per heavy atom. The minimum Gasteiger partial charge on any atom is -0.497 e. The second kappa shape index (κ2) is 17.3. The second-order valence-electron chi connectivity index (χ2n) is 13.1. The number of amides is 1. The smallest absolute Gasteiger partial charge is 0.471 e. The maximum Gasteiger partial charge on any atom is 0.471 e. The predicted molar refractivity (Wildman–Crippen MR) is 194 cm³/mol. The van der Waals surface area contributed by atoms with Crippen molar-refractivity contribution < 1.29 is 42.0 Å². The van der Waals surface area contributed by atoms with Gasteiger partial charge >= 0.3 is 17.8 Å². The number of hydrogen-bond donors (Lipinski definition) is 3. The molecular weight excluding hydrogens is 707 g/mol. The molecule has 3 N–H and O–H groups in total. The number of nitrogens with zero attached hydrogens (tertiary/aromatic N) is 1. The highest BCUT2D eigenvalue weighted by atomic mass is 19.4. The summed E-state index contributed by atoms with van der Waals surface area (Å²) in [5.74, 6) is -0.702. The number of aliphatic hydroxyl groups is 1. The van der Waals surface area contributed by atoms with Gasteiger partial charge in [0.05, 0.1) is 26.9 Å². The van der Waals surface area contributed by atoms with Gasteiger partial charge in [0.15, 0.2) is 0 Å². The van der Waals surface area contributed by atoms with Crippen LogP contribution in [0.2, 0.25) is 0 Å². The summed E-state index contributed by atoms with van der Waals surface area (Å²) in [6.45, 7) is 1.23. The molecule has 0 saturated carbocycles. The summed E-state index contributed by atoms with van der Waals surface area (Å²) in [6.07, 6.45) is -0.318. The molecule has 0 radical (unpaired) electrons. The summed E-state index contributed by atoms with van der Waals surface area (Å²) < 4.78 is 63.4. The predicted octanol–water partition coefficient (Wildman–Crippen LogP) is 5.68. The number of aromatic nitrogens is 2. The fourth-order valence-corrected chi connectivity index (χ4v) is 6.51. The summed E-state index contributed by atoms with van der Waals surface area (Å²) >= 11 is 0. The molecule has 14 heteroatoms. The Bertz CT molecular complexity index is 1950. The Balaban J connectivity index is 1.51. The van der Waals surface area contributed by atoms with Crippen molar-refractivity contribution >= 4 is 5.91 Å². The zero-order valence-corrected chi connectivity index (χ0v) is 30.2. The molecule has 1 aromatic heterocycles. The van der Waals surface area contributed by atoms with Crippen LogP contribution in [0, 0.1) is 6.92 Å². The van der Waals surface area contributed by atoms with Crippen molar-refractivity contribution in [2.45, 2.75) is 68.7 Å². The van der Waals surface area contributed by atoms with E-state index in [-0.39, 0.29) is 25.1 Å². The molecule has 288 valence electrons. The van der Waals surface area contributed by atoms with Crippen molar-refractivity contribution in [3.8, 4) is 11.5 Å². The molecule has 2 heterocycles. The number of ether oxygens (including phenoxy) is 4. The highest BCUT2D eigenvalue weighted by Crippen LogP contribution is 2.45. The number of carbonyl (C=O) groups is 1. The van der Waals surface area contributed by atoms with E-state index in [1.807, 2.05) is 84.2 Å². The lowest BCUT2D eigenvalue weighted by molar-refractivity contribution is -0.173. The molecule has 4 aromatic rings. The maximum absolute atomic E-state index is 12.9. The lowest BCUT2D eigenvalue weighted by atomic mass is 9.79. The van der Waals surface area contributed by atoms with E-state index in [0.717, 1.165) is 16.7 Å². The van der Waals surface area contributed by atoms with Gasteiger partial charge in [-0.1, -0.05) is 73.2 Å². The minimum absolute atomic E-state index is 0.0125. The number of aliphatic hydroxyl groups excluding tert-OH is 1. The summed E-state index contributed by atoms with van der Waals surface area (Å²) in [6, 6.07) is 24.4. The van der Waals surface area contributed by atoms with Crippen LogP contribution in [0.3, 0.4) is 0 Å². The molecule has 3 atom stereocenters. The van der Waals surface area contributed by atoms with Gasteiger partial charge in [0.2, 0.25) is 0 Å². The topological polar surface area (TPSA) is 141 Å². The molecule has 0 spiro atoms. The van der Waals surface area contributed by atoms with Crippen molar-refractivity contribution in [2.75, 3.05) is 27.4 Å². The first-order valence-electron chi connectivity index (χ1n) is 17.5. The van der Waals surface area contributed by atoms with E-state index in [1.165, 1.54) is 10.8 Å². The molecule has 1 fully saturated rings. The number of halogens is 3. The number of H-pyrrole nitrogens is 1. The molecule has 3 aromatic carbocycles. The normalized spacial score (nSPS) is 18.9. The molecular formula is C40H44F3N3O8. The lowest BCUT2D eigenvalue weighted by Crippen LogP contribution is -2.46. The van der Waals surface area contributed by atoms with Gasteiger partial charge in [0.25, 0.3) is 5.56 Å². The molecule has 1 aliphatic heterocycles. The summed E-state index contributed by atoms with van der Waals surface area (Å²) in [5, 5.41) is 13.7. The average Bonchev–Trinajstić information content (AvgIpc) is 3.49. The fraction of sp³-hybridized carbons (Fsp3) is 0.375. The van der Waals surface area contributed by atoms with Gasteiger partial charge in [0.1, 0.15) is 28.9 Å². The van der Waals surface area contributed by atoms with E-state index in [1.54, 1.807) is 33.3 Å². The van der Waals surface area contributed by atoms with E-state index >= 15 is 0 Å². The minimum atomic E-state index is -4.93. The molecule has 0 bridgehead atoms. The third-order valence-electron chi connectivity index (χ3n) is 9.48. The summed E-state index contributed by atoms with van der Waals surface area (Å²) in [4.78, 5) is 38.5. The van der Waals surface area contributed by atoms with E-state index < -0.39 is 46.9 Å². The zero-order chi connectivity index (χ0) is 38.9. The molecule has 1 saturated heterocycles. The van der Waals surface area contributed by atoms with Gasteiger partial charge in [-0.15, -0.1) is 0 Å². The van der Waals surface area contributed by atoms with Crippen molar-refractivity contribution in [1.29, 1.82) is 0 Å². The Kier molecular flexibility index (Phi) is 12.8. The third-order valence-corrected chi connectivity index (χ3v) is 9.48. The van der Waals surface area contributed by atoms with Gasteiger partial charge in [0, 0.05) is 24.7 Å². The summed E-state index contributed by atoms with van der Waals surface area (Å²) in [7, 11) is 3.15. The van der Waals surface area contributed by atoms with Crippen molar-refractivity contribution in [2.24, 2.45) is 0 Å². The monoisotopic (exact) mass is 751 g/mol. The van der Waals surface area contributed by atoms with Crippen molar-refractivity contribution in [1.82, 2.24) is 14.9 Å². The molecule has 11 nitrogen and oxygen atoms in total. The van der Waals surface area contributed by atoms with Crippen LogP contribution in [0.1, 0.15) is 60.6 Å². The third kappa shape index (κ3) is 8.95. The van der Waals surface area contributed by atoms with Gasteiger partial charge < -0.3 is 29.4 Å². The number of alkyl halides is 3. The van der Waals surface area contributed by atoms with Crippen LogP contribution in [0.25, 0.3) is 0 Å². The van der Waals surface area contributed by atoms with Crippen LogP contribution in [0.15, 0.2) is 107 Å². The first-order valence-corrected chi connectivity index (χ1v) is 17.5. The Labute approximate surface area is 310 Å². The van der Waals surface area contributed by atoms with E-state index in [4.69, 9.17) is 18.9 Å². The average molecular weight is 752 g/mol. The quantitative estimate of drug-likeness (QED) is 0.0755. The molecule has 5 rings (SSSR count). The Morgan fingerprint density at radius 1 is 0.944 bits per heavy atom. The molecule has 1 aliphatic rings. The van der Waals surface area contributed by atoms with E-state index in [2.05, 4.69) is 4.98 Å². The van der Waals surface area contributed by atoms with E-state index in [9.17, 15) is 32.7 Å². The Hall–Kier alpha value is -5.18. The fourth-order valence-electron chi connectivity index (χ4n) is 6.51. The molecule has 1 unspecified atom stereocenters. The van der Waals surface area contributed by atoms with Crippen molar-refractivity contribution in [3.63, 3.8) is 0 Å². The lowest BCUT2D eigenvalue weighted by Gasteiger charge is -2.39. The van der Waals surface area contributed by atoms with Crippen LogP contribution in [0.4, 0.5) is 13.2 Å². The number of aryl methyl sites for hydroxylation is 1. The molecule has 0 aliphatic carbocycles. The number of carbonyl (C=O) groups excluding carboxylic acids is 1. The van der Waals surface area contributed by atoms with Crippen LogP contribution < -0.4 is 26.0 Å². The number of allylic oxidation sites excluding steroid dienone is 1. The van der Waals surface area contributed by atoms with E-state index in [0.29, 0.717) is 37.2 Å². The number of rotatable bonds is 16. The van der Waals surface area contributed by atoms with Crippen LogP contribution >= 0.6 is 0 Å².